The van der Waals surface area contributed by atoms with Crippen LogP contribution in [0.3, 0.4) is 0 Å². The van der Waals surface area contributed by atoms with Gasteiger partial charge < -0.3 is 5.73 Å². The van der Waals surface area contributed by atoms with Crippen LogP contribution in [-0.2, 0) is 0 Å². The number of aromatic amines is 2. The first-order valence-corrected chi connectivity index (χ1v) is 8.15. The standard InChI is InChI=1S/C10H9N3O.C10H8N2O/c11-8-6-9(12-13-10(8)14)7-4-2-1-3-5-7;13-10-7-6-9(11-12-10)8-4-2-1-3-5-8/h1-6H,(H2,11,12)(H,13,14);1-7H,(H,12,13). The Labute approximate surface area is 154 Å². The van der Waals surface area contributed by atoms with E-state index < -0.39 is 0 Å². The summed E-state index contributed by atoms with van der Waals surface area (Å²) < 4.78 is 0. The molecule has 27 heavy (non-hydrogen) atoms. The van der Waals surface area contributed by atoms with E-state index in [4.69, 9.17) is 5.73 Å². The Morgan fingerprint density at radius 3 is 1.74 bits per heavy atom. The molecule has 2 aromatic carbocycles. The summed E-state index contributed by atoms with van der Waals surface area (Å²) >= 11 is 0. The summed E-state index contributed by atoms with van der Waals surface area (Å²) in [6.45, 7) is 0. The lowest BCUT2D eigenvalue weighted by molar-refractivity contribution is 0.995. The number of H-pyrrole nitrogens is 2. The van der Waals surface area contributed by atoms with Crippen LogP contribution in [0.5, 0.6) is 0 Å². The molecule has 2 aromatic heterocycles. The molecule has 0 fully saturated rings. The zero-order valence-electron chi connectivity index (χ0n) is 14.3. The summed E-state index contributed by atoms with van der Waals surface area (Å²) in [4.78, 5) is 21.7. The number of rotatable bonds is 2. The van der Waals surface area contributed by atoms with Gasteiger partial charge in [-0.05, 0) is 12.1 Å². The smallest absolute Gasteiger partial charge is 0.287 e. The van der Waals surface area contributed by atoms with E-state index in [9.17, 15) is 9.59 Å². The topological polar surface area (TPSA) is 118 Å². The van der Waals surface area contributed by atoms with E-state index >= 15 is 0 Å². The average Bonchev–Trinajstić information content (AvgIpc) is 2.72. The van der Waals surface area contributed by atoms with Crippen molar-refractivity contribution in [2.75, 3.05) is 5.73 Å². The van der Waals surface area contributed by atoms with Crippen molar-refractivity contribution in [1.29, 1.82) is 0 Å². The Morgan fingerprint density at radius 2 is 1.22 bits per heavy atom. The Balaban J connectivity index is 0.000000156. The van der Waals surface area contributed by atoms with Gasteiger partial charge in [-0.1, -0.05) is 60.7 Å². The number of nitrogens with one attached hydrogen (secondary N) is 2. The summed E-state index contributed by atoms with van der Waals surface area (Å²) in [6.07, 6.45) is 0. The van der Waals surface area contributed by atoms with Crippen LogP contribution in [0.2, 0.25) is 0 Å². The molecular formula is C20H17N5O2. The number of hydrogen-bond donors (Lipinski definition) is 3. The maximum atomic E-state index is 11.0. The van der Waals surface area contributed by atoms with Gasteiger partial charge in [-0.25, -0.2) is 10.2 Å². The first kappa shape index (κ1) is 17.8. The van der Waals surface area contributed by atoms with Gasteiger partial charge in [0.05, 0.1) is 11.4 Å². The maximum Gasteiger partial charge on any atom is 0.287 e. The third-order valence-corrected chi connectivity index (χ3v) is 3.65. The zero-order chi connectivity index (χ0) is 19.1. The highest BCUT2D eigenvalue weighted by Crippen LogP contribution is 2.15. The van der Waals surface area contributed by atoms with E-state index in [0.29, 0.717) is 5.69 Å². The predicted octanol–water partition coefficient (Wildman–Crippen LogP) is 2.46. The molecule has 4 N–H and O–H groups in total. The van der Waals surface area contributed by atoms with Crippen LogP contribution in [0.1, 0.15) is 0 Å². The first-order chi connectivity index (χ1) is 13.1. The molecular weight excluding hydrogens is 342 g/mol. The minimum Gasteiger partial charge on any atom is -0.394 e. The summed E-state index contributed by atoms with van der Waals surface area (Å²) in [7, 11) is 0. The number of nitrogen functional groups attached to an aromatic ring is 1. The van der Waals surface area contributed by atoms with Gasteiger partial charge in [-0.3, -0.25) is 9.59 Å². The van der Waals surface area contributed by atoms with Crippen LogP contribution in [0.4, 0.5) is 5.69 Å². The van der Waals surface area contributed by atoms with Crippen LogP contribution in [0.15, 0.2) is 88.5 Å². The van der Waals surface area contributed by atoms with Crippen LogP contribution >= 0.6 is 0 Å². The quantitative estimate of drug-likeness (QED) is 0.508. The monoisotopic (exact) mass is 359 g/mol. The van der Waals surface area contributed by atoms with Crippen LogP contribution in [0, 0.1) is 0 Å². The minimum atomic E-state index is -0.357. The fourth-order valence-corrected chi connectivity index (χ4v) is 2.29. The molecule has 0 radical (unpaired) electrons. The fourth-order valence-electron chi connectivity index (χ4n) is 2.29. The molecule has 0 atom stereocenters. The van der Waals surface area contributed by atoms with Crippen molar-refractivity contribution in [1.82, 2.24) is 20.4 Å². The molecule has 0 unspecified atom stereocenters. The normalized spacial score (nSPS) is 9.93. The van der Waals surface area contributed by atoms with E-state index in [0.717, 1.165) is 16.8 Å². The number of nitrogens with zero attached hydrogens (tertiary/aromatic N) is 2. The van der Waals surface area contributed by atoms with Crippen molar-refractivity contribution >= 4 is 5.69 Å². The SMILES string of the molecule is Nc1cc(-c2ccccc2)n[nH]c1=O.O=c1ccc(-c2ccccc2)n[nH]1. The Morgan fingerprint density at radius 1 is 0.667 bits per heavy atom. The molecule has 2 heterocycles. The van der Waals surface area contributed by atoms with Gasteiger partial charge in [0, 0.05) is 17.2 Å². The number of nitrogens with two attached hydrogens (primary N) is 1. The lowest BCUT2D eigenvalue weighted by Gasteiger charge is -1.99. The second kappa shape index (κ2) is 8.39. The van der Waals surface area contributed by atoms with Crippen molar-refractivity contribution in [2.45, 2.75) is 0 Å². The number of anilines is 1. The summed E-state index contributed by atoms with van der Waals surface area (Å²) in [5.41, 5.74) is 8.49. The Hall–Kier alpha value is -4.00. The van der Waals surface area contributed by atoms with Gasteiger partial charge >= 0.3 is 0 Å². The Bertz CT molecular complexity index is 1100. The molecule has 7 nitrogen and oxygen atoms in total. The third-order valence-electron chi connectivity index (χ3n) is 3.65. The van der Waals surface area contributed by atoms with Crippen LogP contribution < -0.4 is 16.9 Å². The van der Waals surface area contributed by atoms with Crippen LogP contribution in [0.25, 0.3) is 22.5 Å². The summed E-state index contributed by atoms with van der Waals surface area (Å²) in [5.74, 6) is 0. The predicted molar refractivity (Wildman–Crippen MR) is 105 cm³/mol. The van der Waals surface area contributed by atoms with Gasteiger partial charge in [0.25, 0.3) is 11.1 Å². The molecule has 4 aromatic rings. The molecule has 4 rings (SSSR count). The molecule has 0 amide bonds. The summed E-state index contributed by atoms with van der Waals surface area (Å²) in [6, 6.07) is 24.0. The van der Waals surface area contributed by atoms with Crippen molar-refractivity contribution < 1.29 is 0 Å². The fraction of sp³-hybridized carbons (Fsp3) is 0. The van der Waals surface area contributed by atoms with Gasteiger partial charge in [-0.2, -0.15) is 10.2 Å². The van der Waals surface area contributed by atoms with Crippen LogP contribution in [-0.4, -0.2) is 20.4 Å². The second-order valence-corrected chi connectivity index (χ2v) is 5.58. The number of aromatic nitrogens is 4. The van der Waals surface area contributed by atoms with E-state index in [1.54, 1.807) is 12.1 Å². The highest BCUT2D eigenvalue weighted by molar-refractivity contribution is 5.61. The van der Waals surface area contributed by atoms with Gasteiger partial charge in [0.15, 0.2) is 0 Å². The number of benzene rings is 2. The third kappa shape index (κ3) is 4.76. The lowest BCUT2D eigenvalue weighted by atomic mass is 10.1. The lowest BCUT2D eigenvalue weighted by Crippen LogP contribution is -2.13. The van der Waals surface area contributed by atoms with E-state index in [2.05, 4.69) is 20.4 Å². The van der Waals surface area contributed by atoms with Gasteiger partial charge in [0.1, 0.15) is 5.69 Å². The number of hydrogen-bond acceptors (Lipinski definition) is 5. The van der Waals surface area contributed by atoms with Crippen molar-refractivity contribution in [3.63, 3.8) is 0 Å². The van der Waals surface area contributed by atoms with Crippen molar-refractivity contribution in [3.8, 4) is 22.5 Å². The van der Waals surface area contributed by atoms with Crippen molar-refractivity contribution in [3.05, 3.63) is 99.6 Å². The maximum absolute atomic E-state index is 11.0. The van der Waals surface area contributed by atoms with Gasteiger partial charge in [0.2, 0.25) is 0 Å². The molecule has 7 heteroatoms. The molecule has 0 aliphatic carbocycles. The summed E-state index contributed by atoms with van der Waals surface area (Å²) in [5, 5.41) is 12.5. The molecule has 0 aliphatic heterocycles. The molecule has 0 spiro atoms. The molecule has 0 bridgehead atoms. The molecule has 134 valence electrons. The zero-order valence-corrected chi connectivity index (χ0v) is 14.3. The largest absolute Gasteiger partial charge is 0.394 e. The minimum absolute atomic E-state index is 0.179. The highest BCUT2D eigenvalue weighted by atomic mass is 16.1. The molecule has 0 aliphatic rings. The highest BCUT2D eigenvalue weighted by Gasteiger charge is 2.01. The van der Waals surface area contributed by atoms with Gasteiger partial charge in [-0.15, -0.1) is 0 Å². The van der Waals surface area contributed by atoms with Crippen molar-refractivity contribution in [2.24, 2.45) is 0 Å². The second-order valence-electron chi connectivity index (χ2n) is 5.58. The van der Waals surface area contributed by atoms with E-state index in [-0.39, 0.29) is 16.8 Å². The molecule has 0 saturated carbocycles. The van der Waals surface area contributed by atoms with E-state index in [1.807, 2.05) is 60.7 Å². The first-order valence-electron chi connectivity index (χ1n) is 8.15. The molecule has 0 saturated heterocycles. The Kier molecular flexibility index (Phi) is 5.54. The van der Waals surface area contributed by atoms with E-state index in [1.165, 1.54) is 6.07 Å². The average molecular weight is 359 g/mol.